The molecule has 0 radical (unpaired) electrons. The molecule has 0 saturated heterocycles. The number of fused-ring (bicyclic) bond motifs is 1. The normalized spacial score (nSPS) is 11.0. The number of amides is 1. The molecule has 28 heavy (non-hydrogen) atoms. The molecule has 0 spiro atoms. The van der Waals surface area contributed by atoms with Crippen LogP contribution >= 0.6 is 23.1 Å². The Morgan fingerprint density at radius 3 is 2.61 bits per heavy atom. The molecule has 0 saturated carbocycles. The molecule has 1 N–H and O–H groups in total. The summed E-state index contributed by atoms with van der Waals surface area (Å²) in [6, 6.07) is 13.1. The molecule has 146 valence electrons. The summed E-state index contributed by atoms with van der Waals surface area (Å²) in [5, 5.41) is 2.91. The molecule has 0 aliphatic heterocycles. The molecular formula is C20H21N3O3S2. The second-order valence-corrected chi connectivity index (χ2v) is 8.68. The van der Waals surface area contributed by atoms with E-state index in [1.165, 1.54) is 7.11 Å². The molecule has 1 heterocycles. The van der Waals surface area contributed by atoms with Gasteiger partial charge in [-0.1, -0.05) is 23.9 Å². The Morgan fingerprint density at radius 2 is 1.93 bits per heavy atom. The van der Waals surface area contributed by atoms with Crippen LogP contribution in [0.4, 0.5) is 5.69 Å². The summed E-state index contributed by atoms with van der Waals surface area (Å²) in [5.41, 5.74) is 3.34. The van der Waals surface area contributed by atoms with Crippen LogP contribution in [0.1, 0.15) is 15.9 Å². The topological polar surface area (TPSA) is 71.5 Å². The fourth-order valence-corrected chi connectivity index (χ4v) is 4.59. The first-order valence-corrected chi connectivity index (χ1v) is 10.4. The van der Waals surface area contributed by atoms with Gasteiger partial charge in [-0.2, -0.15) is 0 Å². The van der Waals surface area contributed by atoms with E-state index in [9.17, 15) is 9.59 Å². The summed E-state index contributed by atoms with van der Waals surface area (Å²) in [6.45, 7) is 0.344. The second kappa shape index (κ2) is 9.18. The van der Waals surface area contributed by atoms with E-state index in [0.29, 0.717) is 12.1 Å². The number of nitrogens with zero attached hydrogens (tertiary/aromatic N) is 2. The number of carbonyl (C=O) groups excluding carboxylic acids is 2. The van der Waals surface area contributed by atoms with Gasteiger partial charge in [-0.05, 0) is 50.0 Å². The number of hydrogen-bond donors (Lipinski definition) is 1. The Morgan fingerprint density at radius 1 is 1.18 bits per heavy atom. The summed E-state index contributed by atoms with van der Waals surface area (Å²) < 4.78 is 6.71. The van der Waals surface area contributed by atoms with Gasteiger partial charge in [0, 0.05) is 11.4 Å². The van der Waals surface area contributed by atoms with Gasteiger partial charge in [-0.3, -0.25) is 4.79 Å². The van der Waals surface area contributed by atoms with Crippen molar-refractivity contribution in [2.75, 3.05) is 33.1 Å². The van der Waals surface area contributed by atoms with Crippen LogP contribution in [0.15, 0.2) is 46.8 Å². The first-order valence-electron chi connectivity index (χ1n) is 8.60. The summed E-state index contributed by atoms with van der Waals surface area (Å²) in [5.74, 6) is 0.381. The summed E-state index contributed by atoms with van der Waals surface area (Å²) >= 11 is 3.24. The molecule has 0 atom stereocenters. The lowest BCUT2D eigenvalue weighted by Gasteiger charge is -2.09. The maximum atomic E-state index is 11.9. The largest absolute Gasteiger partial charge is 0.465 e. The molecule has 0 aliphatic carbocycles. The highest BCUT2D eigenvalue weighted by molar-refractivity contribution is 8.00. The lowest BCUT2D eigenvalue weighted by atomic mass is 10.1. The van der Waals surface area contributed by atoms with Crippen molar-refractivity contribution >= 4 is 50.9 Å². The van der Waals surface area contributed by atoms with Gasteiger partial charge in [-0.15, -0.1) is 11.3 Å². The van der Waals surface area contributed by atoms with Gasteiger partial charge < -0.3 is 15.0 Å². The summed E-state index contributed by atoms with van der Waals surface area (Å²) in [6.07, 6.45) is 0. The number of nitrogens with one attached hydrogen (secondary N) is 1. The van der Waals surface area contributed by atoms with Gasteiger partial charge in [0.25, 0.3) is 0 Å². The van der Waals surface area contributed by atoms with Crippen molar-refractivity contribution in [3.63, 3.8) is 0 Å². The molecular weight excluding hydrogens is 394 g/mol. The predicted molar refractivity (Wildman–Crippen MR) is 114 cm³/mol. The first-order chi connectivity index (χ1) is 13.4. The zero-order chi connectivity index (χ0) is 20.1. The average molecular weight is 416 g/mol. The molecule has 1 aromatic heterocycles. The van der Waals surface area contributed by atoms with Crippen LogP contribution in [0.5, 0.6) is 0 Å². The van der Waals surface area contributed by atoms with Gasteiger partial charge in [0.2, 0.25) is 5.91 Å². The highest BCUT2D eigenvalue weighted by Gasteiger charge is 2.09. The van der Waals surface area contributed by atoms with E-state index in [0.717, 1.165) is 31.6 Å². The summed E-state index contributed by atoms with van der Waals surface area (Å²) in [7, 11) is 5.09. The number of thiazole rings is 1. The van der Waals surface area contributed by atoms with Crippen LogP contribution in [0, 0.1) is 0 Å². The van der Waals surface area contributed by atoms with Crippen LogP contribution in [0.3, 0.4) is 0 Å². The number of rotatable bonds is 7. The smallest absolute Gasteiger partial charge is 0.337 e. The van der Waals surface area contributed by atoms with Crippen molar-refractivity contribution in [3.8, 4) is 0 Å². The van der Waals surface area contributed by atoms with Crippen LogP contribution in [-0.4, -0.2) is 49.5 Å². The Labute approximate surface area is 171 Å². The average Bonchev–Trinajstić information content (AvgIpc) is 3.07. The van der Waals surface area contributed by atoms with Crippen LogP contribution < -0.4 is 5.32 Å². The number of anilines is 1. The SMILES string of the molecule is COC(=O)c1ccc(CSc2nc3ccc(NC(=O)CN(C)C)cc3s2)cc1. The number of esters is 1. The summed E-state index contributed by atoms with van der Waals surface area (Å²) in [4.78, 5) is 29.9. The molecule has 0 aliphatic rings. The highest BCUT2D eigenvalue weighted by atomic mass is 32.2. The number of aromatic nitrogens is 1. The number of ether oxygens (including phenoxy) is 1. The third kappa shape index (κ3) is 5.31. The van der Waals surface area contributed by atoms with Gasteiger partial charge in [0.1, 0.15) is 0 Å². The lowest BCUT2D eigenvalue weighted by Crippen LogP contribution is -2.26. The van der Waals surface area contributed by atoms with Crippen molar-refractivity contribution < 1.29 is 14.3 Å². The van der Waals surface area contributed by atoms with Gasteiger partial charge >= 0.3 is 5.97 Å². The fourth-order valence-electron chi connectivity index (χ4n) is 2.53. The van der Waals surface area contributed by atoms with E-state index < -0.39 is 0 Å². The van der Waals surface area contributed by atoms with Crippen molar-refractivity contribution in [1.82, 2.24) is 9.88 Å². The number of thioether (sulfide) groups is 1. The molecule has 2 aromatic carbocycles. The van der Waals surface area contributed by atoms with E-state index in [-0.39, 0.29) is 11.9 Å². The number of benzene rings is 2. The van der Waals surface area contributed by atoms with Crippen molar-refractivity contribution in [3.05, 3.63) is 53.6 Å². The Balaban J connectivity index is 1.64. The molecule has 1 amide bonds. The minimum absolute atomic E-state index is 0.0427. The standard InChI is InChI=1S/C20H21N3O3S2/c1-23(2)11-18(24)21-15-8-9-16-17(10-15)28-20(22-16)27-12-13-4-6-14(7-5-13)19(25)26-3/h4-10H,11-12H2,1-3H3,(H,21,24). The van der Waals surface area contributed by atoms with Crippen molar-refractivity contribution in [1.29, 1.82) is 0 Å². The number of likely N-dealkylation sites (N-methyl/N-ethyl adjacent to an activating group) is 1. The molecule has 0 bridgehead atoms. The van der Waals surface area contributed by atoms with Crippen LogP contribution in [0.2, 0.25) is 0 Å². The lowest BCUT2D eigenvalue weighted by molar-refractivity contribution is -0.116. The molecule has 0 fully saturated rings. The van der Waals surface area contributed by atoms with E-state index in [1.807, 2.05) is 49.3 Å². The maximum absolute atomic E-state index is 11.9. The van der Waals surface area contributed by atoms with Crippen molar-refractivity contribution in [2.24, 2.45) is 0 Å². The minimum atomic E-state index is -0.334. The second-order valence-electron chi connectivity index (χ2n) is 6.43. The fraction of sp³-hybridized carbons (Fsp3) is 0.250. The molecule has 3 aromatic rings. The Kier molecular flexibility index (Phi) is 6.66. The molecule has 0 unspecified atom stereocenters. The third-order valence-corrected chi connectivity index (χ3v) is 6.08. The van der Waals surface area contributed by atoms with Gasteiger partial charge in [-0.25, -0.2) is 9.78 Å². The van der Waals surface area contributed by atoms with E-state index >= 15 is 0 Å². The quantitative estimate of drug-likeness (QED) is 0.466. The first kappa shape index (κ1) is 20.3. The van der Waals surface area contributed by atoms with Crippen LogP contribution in [-0.2, 0) is 15.3 Å². The van der Waals surface area contributed by atoms with Crippen molar-refractivity contribution in [2.45, 2.75) is 10.1 Å². The van der Waals surface area contributed by atoms with Crippen LogP contribution in [0.25, 0.3) is 10.2 Å². The molecule has 6 nitrogen and oxygen atoms in total. The molecule has 3 rings (SSSR count). The zero-order valence-electron chi connectivity index (χ0n) is 15.9. The monoisotopic (exact) mass is 415 g/mol. The van der Waals surface area contributed by atoms with E-state index in [1.54, 1.807) is 35.2 Å². The van der Waals surface area contributed by atoms with Gasteiger partial charge in [0.05, 0.1) is 29.4 Å². The predicted octanol–water partition coefficient (Wildman–Crippen LogP) is 3.88. The van der Waals surface area contributed by atoms with Gasteiger partial charge in [0.15, 0.2) is 4.34 Å². The van der Waals surface area contributed by atoms with E-state index in [2.05, 4.69) is 10.3 Å². The Bertz CT molecular complexity index is 984. The van der Waals surface area contributed by atoms with E-state index in [4.69, 9.17) is 4.74 Å². The maximum Gasteiger partial charge on any atom is 0.337 e. The zero-order valence-corrected chi connectivity index (χ0v) is 17.5. The third-order valence-electron chi connectivity index (χ3n) is 3.85. The number of hydrogen-bond acceptors (Lipinski definition) is 7. The molecule has 8 heteroatoms. The highest BCUT2D eigenvalue weighted by Crippen LogP contribution is 2.33. The number of methoxy groups -OCH3 is 1. The number of carbonyl (C=O) groups is 2. The minimum Gasteiger partial charge on any atom is -0.465 e. The Hall–Kier alpha value is -2.42.